The maximum atomic E-state index is 12.8. The van der Waals surface area contributed by atoms with Crippen molar-refractivity contribution in [1.82, 2.24) is 9.80 Å². The van der Waals surface area contributed by atoms with Crippen LogP contribution in [0.3, 0.4) is 0 Å². The zero-order valence-electron chi connectivity index (χ0n) is 14.1. The highest BCUT2D eigenvalue weighted by Crippen LogP contribution is 2.33. The molecule has 1 aromatic rings. The summed E-state index contributed by atoms with van der Waals surface area (Å²) in [6.07, 6.45) is 3.16. The van der Waals surface area contributed by atoms with Crippen LogP contribution in [0.1, 0.15) is 31.2 Å². The lowest BCUT2D eigenvalue weighted by Gasteiger charge is -2.36. The molecule has 0 aromatic heterocycles. The second kappa shape index (κ2) is 6.47. The van der Waals surface area contributed by atoms with Gasteiger partial charge >= 0.3 is 0 Å². The number of benzene rings is 1. The molecule has 0 bridgehead atoms. The summed E-state index contributed by atoms with van der Waals surface area (Å²) in [7, 11) is 0. The first-order valence-corrected chi connectivity index (χ1v) is 9.07. The quantitative estimate of drug-likeness (QED) is 0.910. The lowest BCUT2D eigenvalue weighted by Crippen LogP contribution is -2.50. The van der Waals surface area contributed by atoms with Gasteiger partial charge in [0, 0.05) is 26.2 Å². The molecule has 24 heavy (non-hydrogen) atoms. The molecular formula is C19H26N2O3. The van der Waals surface area contributed by atoms with E-state index in [0.717, 1.165) is 25.9 Å². The number of nitrogens with zero attached hydrogens (tertiary/aromatic N) is 2. The van der Waals surface area contributed by atoms with Crippen LogP contribution in [0.4, 0.5) is 0 Å². The van der Waals surface area contributed by atoms with Gasteiger partial charge in [-0.3, -0.25) is 9.69 Å². The van der Waals surface area contributed by atoms with Gasteiger partial charge in [-0.25, -0.2) is 0 Å². The number of fused-ring (bicyclic) bond motifs is 1. The van der Waals surface area contributed by atoms with Crippen LogP contribution in [0.15, 0.2) is 30.3 Å². The van der Waals surface area contributed by atoms with Gasteiger partial charge in [0.25, 0.3) is 5.91 Å². The number of hydrogen-bond donors (Lipinski definition) is 1. The van der Waals surface area contributed by atoms with Gasteiger partial charge in [-0.2, -0.15) is 0 Å². The zero-order chi connectivity index (χ0) is 16.6. The number of rotatable bonds is 3. The van der Waals surface area contributed by atoms with Crippen LogP contribution < -0.4 is 0 Å². The van der Waals surface area contributed by atoms with E-state index in [4.69, 9.17) is 4.74 Å². The highest BCUT2D eigenvalue weighted by Gasteiger charge is 2.48. The van der Waals surface area contributed by atoms with E-state index in [1.165, 1.54) is 5.56 Å². The molecule has 1 aliphatic carbocycles. The standard InChI is InChI=1S/C19H26N2O3/c22-18(19(23)8-4-5-9-19)21-13-16-17(14-21)24-11-10-20(16)12-15-6-2-1-3-7-15/h1-3,6-7,16-17,23H,4-5,8-14H2/t16-,17+/m0/s1. The average Bonchev–Trinajstić information content (AvgIpc) is 3.23. The number of morpholine rings is 1. The number of hydrogen-bond acceptors (Lipinski definition) is 4. The number of amides is 1. The van der Waals surface area contributed by atoms with E-state index in [2.05, 4.69) is 29.2 Å². The third-order valence-electron chi connectivity index (χ3n) is 5.76. The average molecular weight is 330 g/mol. The highest BCUT2D eigenvalue weighted by molar-refractivity contribution is 5.85. The molecule has 2 saturated heterocycles. The van der Waals surface area contributed by atoms with Gasteiger partial charge in [0.15, 0.2) is 0 Å². The molecule has 1 aromatic carbocycles. The normalized spacial score (nSPS) is 29.6. The van der Waals surface area contributed by atoms with Gasteiger partial charge in [0.2, 0.25) is 0 Å². The van der Waals surface area contributed by atoms with Crippen LogP contribution in [-0.2, 0) is 16.1 Å². The van der Waals surface area contributed by atoms with Crippen molar-refractivity contribution in [2.75, 3.05) is 26.2 Å². The largest absolute Gasteiger partial charge is 0.380 e. The Morgan fingerprint density at radius 2 is 1.96 bits per heavy atom. The van der Waals surface area contributed by atoms with Gasteiger partial charge in [-0.05, 0) is 31.2 Å². The first-order valence-electron chi connectivity index (χ1n) is 9.07. The van der Waals surface area contributed by atoms with Crippen molar-refractivity contribution in [2.24, 2.45) is 0 Å². The summed E-state index contributed by atoms with van der Waals surface area (Å²) in [5, 5.41) is 10.6. The molecule has 1 saturated carbocycles. The Morgan fingerprint density at radius 1 is 1.21 bits per heavy atom. The van der Waals surface area contributed by atoms with Gasteiger partial charge in [0.05, 0.1) is 18.8 Å². The Bertz CT molecular complexity index is 586. The van der Waals surface area contributed by atoms with Gasteiger partial charge in [-0.1, -0.05) is 30.3 Å². The molecule has 2 aliphatic heterocycles. The monoisotopic (exact) mass is 330 g/mol. The molecule has 5 heteroatoms. The third-order valence-corrected chi connectivity index (χ3v) is 5.76. The molecule has 3 aliphatic rings. The van der Waals surface area contributed by atoms with Crippen LogP contribution in [0.5, 0.6) is 0 Å². The van der Waals surface area contributed by atoms with Crippen molar-refractivity contribution >= 4 is 5.91 Å². The first-order chi connectivity index (χ1) is 11.7. The maximum absolute atomic E-state index is 12.8. The predicted molar refractivity (Wildman–Crippen MR) is 90.4 cm³/mol. The second-order valence-corrected chi connectivity index (χ2v) is 7.38. The van der Waals surface area contributed by atoms with Gasteiger partial charge in [-0.15, -0.1) is 0 Å². The van der Waals surface area contributed by atoms with Crippen LogP contribution in [0.25, 0.3) is 0 Å². The molecule has 4 rings (SSSR count). The first kappa shape index (κ1) is 16.1. The smallest absolute Gasteiger partial charge is 0.254 e. The molecular weight excluding hydrogens is 304 g/mol. The van der Waals surface area contributed by atoms with Crippen molar-refractivity contribution in [3.05, 3.63) is 35.9 Å². The summed E-state index contributed by atoms with van der Waals surface area (Å²) in [4.78, 5) is 17.0. The minimum Gasteiger partial charge on any atom is -0.380 e. The van der Waals surface area contributed by atoms with E-state index in [9.17, 15) is 9.90 Å². The molecule has 0 spiro atoms. The molecule has 0 unspecified atom stereocenters. The van der Waals surface area contributed by atoms with E-state index < -0.39 is 5.60 Å². The Hall–Kier alpha value is -1.43. The van der Waals surface area contributed by atoms with E-state index in [0.29, 0.717) is 32.5 Å². The number of carbonyl (C=O) groups is 1. The van der Waals surface area contributed by atoms with E-state index in [-0.39, 0.29) is 18.1 Å². The Kier molecular flexibility index (Phi) is 4.33. The minimum absolute atomic E-state index is 0.0661. The number of ether oxygens (including phenoxy) is 1. The highest BCUT2D eigenvalue weighted by atomic mass is 16.5. The lowest BCUT2D eigenvalue weighted by molar-refractivity contribution is -0.150. The Labute approximate surface area is 143 Å². The van der Waals surface area contributed by atoms with Crippen molar-refractivity contribution in [3.63, 3.8) is 0 Å². The molecule has 5 nitrogen and oxygen atoms in total. The summed E-state index contributed by atoms with van der Waals surface area (Å²) in [5.41, 5.74) is 0.162. The van der Waals surface area contributed by atoms with Crippen molar-refractivity contribution in [2.45, 2.75) is 50.0 Å². The van der Waals surface area contributed by atoms with Crippen molar-refractivity contribution in [1.29, 1.82) is 0 Å². The van der Waals surface area contributed by atoms with Crippen LogP contribution in [0, 0.1) is 0 Å². The molecule has 3 fully saturated rings. The minimum atomic E-state index is -1.13. The molecule has 1 N–H and O–H groups in total. The van der Waals surface area contributed by atoms with E-state index >= 15 is 0 Å². The van der Waals surface area contributed by atoms with E-state index in [1.54, 1.807) is 0 Å². The van der Waals surface area contributed by atoms with Crippen molar-refractivity contribution < 1.29 is 14.6 Å². The number of likely N-dealkylation sites (tertiary alicyclic amines) is 1. The Balaban J connectivity index is 1.45. The zero-order valence-corrected chi connectivity index (χ0v) is 14.1. The summed E-state index contributed by atoms with van der Waals surface area (Å²) in [6.45, 7) is 3.76. The summed E-state index contributed by atoms with van der Waals surface area (Å²) in [5.74, 6) is -0.0855. The molecule has 2 heterocycles. The SMILES string of the molecule is O=C(N1C[C@H]2OCCN(Cc3ccccc3)[C@H]2C1)C1(O)CCCC1. The fraction of sp³-hybridized carbons (Fsp3) is 0.632. The van der Waals surface area contributed by atoms with Crippen LogP contribution in [-0.4, -0.2) is 64.8 Å². The molecule has 1 amide bonds. The predicted octanol–water partition coefficient (Wildman–Crippen LogP) is 1.40. The Morgan fingerprint density at radius 3 is 2.71 bits per heavy atom. The fourth-order valence-electron chi connectivity index (χ4n) is 4.41. The molecule has 2 atom stereocenters. The topological polar surface area (TPSA) is 53.0 Å². The van der Waals surface area contributed by atoms with Crippen LogP contribution in [0.2, 0.25) is 0 Å². The summed E-state index contributed by atoms with van der Waals surface area (Å²) < 4.78 is 5.93. The lowest BCUT2D eigenvalue weighted by atomic mass is 10.0. The third kappa shape index (κ3) is 2.96. The molecule has 130 valence electrons. The van der Waals surface area contributed by atoms with Gasteiger partial charge < -0.3 is 14.7 Å². The molecule has 0 radical (unpaired) electrons. The summed E-state index contributed by atoms with van der Waals surface area (Å²) >= 11 is 0. The number of aliphatic hydroxyl groups is 1. The van der Waals surface area contributed by atoms with E-state index in [1.807, 2.05) is 11.0 Å². The summed E-state index contributed by atoms with van der Waals surface area (Å²) in [6, 6.07) is 10.7. The van der Waals surface area contributed by atoms with Crippen LogP contribution >= 0.6 is 0 Å². The maximum Gasteiger partial charge on any atom is 0.254 e. The fourth-order valence-corrected chi connectivity index (χ4v) is 4.41. The van der Waals surface area contributed by atoms with Crippen molar-refractivity contribution in [3.8, 4) is 0 Å². The second-order valence-electron chi connectivity index (χ2n) is 7.38. The van der Waals surface area contributed by atoms with Gasteiger partial charge in [0.1, 0.15) is 5.60 Å². The number of carbonyl (C=O) groups excluding carboxylic acids is 1.